The second-order valence-electron chi connectivity index (χ2n) is 6.68. The van der Waals surface area contributed by atoms with Crippen molar-refractivity contribution in [1.29, 1.82) is 0 Å². The fourth-order valence-electron chi connectivity index (χ4n) is 3.73. The summed E-state index contributed by atoms with van der Waals surface area (Å²) >= 11 is 0. The number of aryl methyl sites for hydroxylation is 2. The van der Waals surface area contributed by atoms with E-state index in [2.05, 4.69) is 42.5 Å². The van der Waals surface area contributed by atoms with Crippen LogP contribution in [0.2, 0.25) is 0 Å². The number of nitrogens with zero attached hydrogens (tertiary/aromatic N) is 2. The molecule has 1 aromatic carbocycles. The van der Waals surface area contributed by atoms with Gasteiger partial charge in [0, 0.05) is 0 Å². The molecule has 1 fully saturated rings. The summed E-state index contributed by atoms with van der Waals surface area (Å²) in [6, 6.07) is 4.55. The lowest BCUT2D eigenvalue weighted by Gasteiger charge is -2.34. The Balaban J connectivity index is 1.96. The van der Waals surface area contributed by atoms with Crippen molar-refractivity contribution in [2.45, 2.75) is 65.0 Å². The van der Waals surface area contributed by atoms with E-state index in [1.165, 1.54) is 29.5 Å². The van der Waals surface area contributed by atoms with E-state index < -0.39 is 0 Å². The Morgan fingerprint density at radius 2 is 2.00 bits per heavy atom. The van der Waals surface area contributed by atoms with E-state index in [1.807, 2.05) is 6.33 Å². The smallest absolute Gasteiger partial charge is 0.0961 e. The molecule has 1 N–H and O–H groups in total. The molecule has 3 atom stereocenters. The summed E-state index contributed by atoms with van der Waals surface area (Å²) in [4.78, 5) is 4.55. The highest BCUT2D eigenvalue weighted by Crippen LogP contribution is 2.37. The number of rotatable bonds is 3. The van der Waals surface area contributed by atoms with E-state index in [0.29, 0.717) is 0 Å². The van der Waals surface area contributed by atoms with Crippen LogP contribution in [0.1, 0.15) is 56.2 Å². The highest BCUT2D eigenvalue weighted by atomic mass is 16.3. The summed E-state index contributed by atoms with van der Waals surface area (Å²) < 4.78 is 2.22. The highest BCUT2D eigenvalue weighted by molar-refractivity contribution is 5.77. The van der Waals surface area contributed by atoms with Gasteiger partial charge in [-0.25, -0.2) is 4.98 Å². The van der Waals surface area contributed by atoms with Gasteiger partial charge in [0.05, 0.1) is 29.5 Å². The van der Waals surface area contributed by atoms with Crippen molar-refractivity contribution in [3.8, 4) is 0 Å². The third kappa shape index (κ3) is 2.71. The van der Waals surface area contributed by atoms with Gasteiger partial charge in [-0.3, -0.25) is 0 Å². The van der Waals surface area contributed by atoms with Gasteiger partial charge in [-0.1, -0.05) is 19.8 Å². The molecule has 3 rings (SSSR count). The SMILES string of the molecule is CCCC1CCC(O)C(n2cnc3cc(C)c(C)cc32)C1. The van der Waals surface area contributed by atoms with Crippen molar-refractivity contribution >= 4 is 11.0 Å². The Hall–Kier alpha value is -1.35. The van der Waals surface area contributed by atoms with Gasteiger partial charge in [0.1, 0.15) is 0 Å². The number of aromatic nitrogens is 2. The Kier molecular flexibility index (Phi) is 4.03. The molecule has 0 saturated heterocycles. The molecule has 2 aromatic rings. The van der Waals surface area contributed by atoms with Crippen LogP contribution in [0, 0.1) is 19.8 Å². The van der Waals surface area contributed by atoms with Crippen LogP contribution < -0.4 is 0 Å². The van der Waals surface area contributed by atoms with Gasteiger partial charge >= 0.3 is 0 Å². The summed E-state index contributed by atoms with van der Waals surface area (Å²) in [5.74, 6) is 0.743. The zero-order chi connectivity index (χ0) is 15.0. The zero-order valence-electron chi connectivity index (χ0n) is 13.3. The monoisotopic (exact) mass is 286 g/mol. The molecule has 0 aliphatic heterocycles. The first-order valence-electron chi connectivity index (χ1n) is 8.22. The Labute approximate surface area is 127 Å². The van der Waals surface area contributed by atoms with Gasteiger partial charge in [0.15, 0.2) is 0 Å². The molecule has 0 spiro atoms. The first-order valence-corrected chi connectivity index (χ1v) is 8.22. The standard InChI is InChI=1S/C18H26N2O/c1-4-5-14-6-7-18(21)17(10-14)20-11-19-15-8-12(2)13(3)9-16(15)20/h8-9,11,14,17-18,21H,4-7,10H2,1-3H3. The second-order valence-corrected chi connectivity index (χ2v) is 6.68. The van der Waals surface area contributed by atoms with Gasteiger partial charge < -0.3 is 9.67 Å². The van der Waals surface area contributed by atoms with E-state index in [-0.39, 0.29) is 12.1 Å². The summed E-state index contributed by atoms with van der Waals surface area (Å²) in [5, 5.41) is 10.5. The normalized spacial score (nSPS) is 26.4. The van der Waals surface area contributed by atoms with E-state index in [9.17, 15) is 5.11 Å². The summed E-state index contributed by atoms with van der Waals surface area (Å²) in [7, 11) is 0. The minimum Gasteiger partial charge on any atom is -0.391 e. The number of imidazole rings is 1. The van der Waals surface area contributed by atoms with Gasteiger partial charge in [-0.2, -0.15) is 0 Å². The molecule has 21 heavy (non-hydrogen) atoms. The largest absolute Gasteiger partial charge is 0.391 e. The van der Waals surface area contributed by atoms with Crippen LogP contribution in [0.25, 0.3) is 11.0 Å². The lowest BCUT2D eigenvalue weighted by atomic mass is 9.81. The zero-order valence-corrected chi connectivity index (χ0v) is 13.3. The van der Waals surface area contributed by atoms with Crippen LogP contribution >= 0.6 is 0 Å². The van der Waals surface area contributed by atoms with Crippen molar-refractivity contribution in [3.05, 3.63) is 29.6 Å². The van der Waals surface area contributed by atoms with Crippen LogP contribution in [0.5, 0.6) is 0 Å². The number of benzene rings is 1. The van der Waals surface area contributed by atoms with Gasteiger partial charge in [0.25, 0.3) is 0 Å². The Morgan fingerprint density at radius 1 is 1.24 bits per heavy atom. The van der Waals surface area contributed by atoms with Crippen molar-refractivity contribution in [2.24, 2.45) is 5.92 Å². The second kappa shape index (κ2) is 5.80. The summed E-state index contributed by atoms with van der Waals surface area (Å²) in [6.45, 7) is 6.52. The molecule has 1 saturated carbocycles. The summed E-state index contributed by atoms with van der Waals surface area (Å²) in [5.41, 5.74) is 4.78. The summed E-state index contributed by atoms with van der Waals surface area (Å²) in [6.07, 6.45) is 7.34. The number of fused-ring (bicyclic) bond motifs is 1. The predicted octanol–water partition coefficient (Wildman–Crippen LogP) is 4.16. The molecule has 0 radical (unpaired) electrons. The highest BCUT2D eigenvalue weighted by Gasteiger charge is 2.30. The lowest BCUT2D eigenvalue weighted by Crippen LogP contribution is -2.31. The predicted molar refractivity (Wildman–Crippen MR) is 86.5 cm³/mol. The molecule has 3 heteroatoms. The molecular formula is C18H26N2O. The first-order chi connectivity index (χ1) is 10.1. The van der Waals surface area contributed by atoms with Crippen molar-refractivity contribution < 1.29 is 5.11 Å². The maximum Gasteiger partial charge on any atom is 0.0961 e. The van der Waals surface area contributed by atoms with Crippen molar-refractivity contribution in [1.82, 2.24) is 9.55 Å². The minimum absolute atomic E-state index is 0.183. The van der Waals surface area contributed by atoms with Gasteiger partial charge in [-0.05, 0) is 62.3 Å². The molecule has 3 unspecified atom stereocenters. The molecule has 3 nitrogen and oxygen atoms in total. The van der Waals surface area contributed by atoms with Crippen LogP contribution in [0.15, 0.2) is 18.5 Å². The molecule has 1 heterocycles. The van der Waals surface area contributed by atoms with E-state index in [0.717, 1.165) is 30.7 Å². The van der Waals surface area contributed by atoms with Crippen LogP contribution in [0.4, 0.5) is 0 Å². The molecule has 1 aliphatic carbocycles. The fourth-order valence-corrected chi connectivity index (χ4v) is 3.73. The van der Waals surface area contributed by atoms with E-state index in [1.54, 1.807) is 0 Å². The number of aliphatic hydroxyl groups excluding tert-OH is 1. The van der Waals surface area contributed by atoms with Crippen molar-refractivity contribution in [3.63, 3.8) is 0 Å². The average molecular weight is 286 g/mol. The third-order valence-corrected chi connectivity index (χ3v) is 5.13. The van der Waals surface area contributed by atoms with Crippen LogP contribution in [-0.4, -0.2) is 20.8 Å². The first kappa shape index (κ1) is 14.6. The molecular weight excluding hydrogens is 260 g/mol. The molecule has 1 aromatic heterocycles. The maximum atomic E-state index is 10.5. The molecule has 0 bridgehead atoms. The fraction of sp³-hybridized carbons (Fsp3) is 0.611. The van der Waals surface area contributed by atoms with Crippen molar-refractivity contribution in [2.75, 3.05) is 0 Å². The average Bonchev–Trinajstić information content (AvgIpc) is 2.84. The molecule has 0 amide bonds. The van der Waals surface area contributed by atoms with Gasteiger partial charge in [-0.15, -0.1) is 0 Å². The van der Waals surface area contributed by atoms with Crippen LogP contribution in [-0.2, 0) is 0 Å². The number of hydrogen-bond donors (Lipinski definition) is 1. The van der Waals surface area contributed by atoms with E-state index >= 15 is 0 Å². The maximum absolute atomic E-state index is 10.5. The lowest BCUT2D eigenvalue weighted by molar-refractivity contribution is 0.0539. The number of hydrogen-bond acceptors (Lipinski definition) is 2. The Bertz CT molecular complexity index is 631. The quantitative estimate of drug-likeness (QED) is 0.920. The molecule has 114 valence electrons. The van der Waals surface area contributed by atoms with Gasteiger partial charge in [0.2, 0.25) is 0 Å². The molecule has 1 aliphatic rings. The van der Waals surface area contributed by atoms with E-state index in [4.69, 9.17) is 0 Å². The third-order valence-electron chi connectivity index (χ3n) is 5.13. The topological polar surface area (TPSA) is 38.0 Å². The minimum atomic E-state index is -0.239. The van der Waals surface area contributed by atoms with Crippen LogP contribution in [0.3, 0.4) is 0 Å². The number of aliphatic hydroxyl groups is 1. The Morgan fingerprint density at radius 3 is 2.76 bits per heavy atom.